The van der Waals surface area contributed by atoms with Gasteiger partial charge in [-0.15, -0.1) is 0 Å². The normalized spacial score (nSPS) is 12.7. The molecule has 2 atom stereocenters. The van der Waals surface area contributed by atoms with Crippen LogP contribution in [0.25, 0.3) is 0 Å². The van der Waals surface area contributed by atoms with E-state index in [9.17, 15) is 18.0 Å². The maximum atomic E-state index is 14.0. The Kier molecular flexibility index (Phi) is 12.9. The monoisotopic (exact) mass is 627 g/mol. The van der Waals surface area contributed by atoms with Crippen molar-refractivity contribution in [3.8, 4) is 5.75 Å². The summed E-state index contributed by atoms with van der Waals surface area (Å²) in [4.78, 5) is 29.3. The molecule has 0 bridgehead atoms. The zero-order chi connectivity index (χ0) is 31.4. The van der Waals surface area contributed by atoms with Gasteiger partial charge in [0.25, 0.3) is 0 Å². The summed E-state index contributed by atoms with van der Waals surface area (Å²) in [6.45, 7) is 6.38. The van der Waals surface area contributed by atoms with Gasteiger partial charge >= 0.3 is 0 Å². The second kappa shape index (κ2) is 16.3. The van der Waals surface area contributed by atoms with Gasteiger partial charge < -0.3 is 15.0 Å². The van der Waals surface area contributed by atoms with Crippen molar-refractivity contribution >= 4 is 39.1 Å². The highest BCUT2D eigenvalue weighted by Crippen LogP contribution is 2.30. The quantitative estimate of drug-likeness (QED) is 0.215. The molecular weight excluding hydrogens is 586 g/mol. The number of sulfonamides is 1. The van der Waals surface area contributed by atoms with Gasteiger partial charge in [0.05, 0.1) is 18.6 Å². The van der Waals surface area contributed by atoms with Crippen LogP contribution in [-0.2, 0) is 32.6 Å². The highest BCUT2D eigenvalue weighted by molar-refractivity contribution is 7.92. The van der Waals surface area contributed by atoms with Gasteiger partial charge in [0.1, 0.15) is 11.8 Å². The third-order valence-corrected chi connectivity index (χ3v) is 8.52. The van der Waals surface area contributed by atoms with Crippen molar-refractivity contribution in [1.29, 1.82) is 0 Å². The largest absolute Gasteiger partial charge is 0.492 e. The molecular formula is C33H42ClN3O5S. The standard InChI is InChI=1S/C33H42ClN3O5S/c1-5-25(3)35-33(39)30(23-26-14-8-7-9-15-26)36(24-27-16-12-17-28(34)22-27)32(38)20-13-21-37(43(4,40)41)29-18-10-11-19-31(29)42-6-2/h7-12,14-19,22,25,30H,5-6,13,20-21,23-24H2,1-4H3,(H,35,39)/t25-,30+/m1/s1. The smallest absolute Gasteiger partial charge is 0.243 e. The number of halogens is 1. The summed E-state index contributed by atoms with van der Waals surface area (Å²) in [5.74, 6) is -0.0438. The van der Waals surface area contributed by atoms with Gasteiger partial charge in [-0.05, 0) is 62.1 Å². The van der Waals surface area contributed by atoms with Crippen LogP contribution in [0.15, 0.2) is 78.9 Å². The van der Waals surface area contributed by atoms with Crippen LogP contribution in [0.2, 0.25) is 5.02 Å². The number of carbonyl (C=O) groups is 2. The lowest BCUT2D eigenvalue weighted by molar-refractivity contribution is -0.141. The highest BCUT2D eigenvalue weighted by atomic mass is 35.5. The SMILES string of the molecule is CCOc1ccccc1N(CCCC(=O)N(Cc1cccc(Cl)c1)[C@@H](Cc1ccccc1)C(=O)N[C@H](C)CC)S(C)(=O)=O. The Hall–Kier alpha value is -3.56. The number of anilines is 1. The number of amides is 2. The summed E-state index contributed by atoms with van der Waals surface area (Å²) in [6, 6.07) is 22.9. The molecule has 3 aromatic carbocycles. The topological polar surface area (TPSA) is 96.0 Å². The molecule has 0 aliphatic heterocycles. The Labute approximate surface area is 261 Å². The Morgan fingerprint density at radius 3 is 2.28 bits per heavy atom. The van der Waals surface area contributed by atoms with Crippen LogP contribution >= 0.6 is 11.6 Å². The van der Waals surface area contributed by atoms with Crippen LogP contribution in [0.1, 0.15) is 51.2 Å². The van der Waals surface area contributed by atoms with E-state index in [0.29, 0.717) is 29.5 Å². The van der Waals surface area contributed by atoms with Gasteiger partial charge in [-0.1, -0.05) is 73.1 Å². The molecule has 10 heteroatoms. The molecule has 1 N–H and O–H groups in total. The number of para-hydroxylation sites is 2. The first kappa shape index (κ1) is 33.9. The van der Waals surface area contributed by atoms with Crippen molar-refractivity contribution < 1.29 is 22.7 Å². The summed E-state index contributed by atoms with van der Waals surface area (Å²) in [6.07, 6.45) is 2.48. The molecule has 3 aromatic rings. The number of rotatable bonds is 16. The van der Waals surface area contributed by atoms with Crippen molar-refractivity contribution in [1.82, 2.24) is 10.2 Å². The summed E-state index contributed by atoms with van der Waals surface area (Å²) in [7, 11) is -3.67. The fraction of sp³-hybridized carbons (Fsp3) is 0.394. The minimum atomic E-state index is -3.67. The van der Waals surface area contributed by atoms with Crippen LogP contribution in [0.4, 0.5) is 5.69 Å². The van der Waals surface area contributed by atoms with E-state index in [1.54, 1.807) is 41.3 Å². The zero-order valence-electron chi connectivity index (χ0n) is 25.3. The van der Waals surface area contributed by atoms with E-state index in [-0.39, 0.29) is 43.8 Å². The third kappa shape index (κ3) is 10.3. The minimum absolute atomic E-state index is 0.0330. The minimum Gasteiger partial charge on any atom is -0.492 e. The van der Waals surface area contributed by atoms with Gasteiger partial charge in [-0.3, -0.25) is 13.9 Å². The van der Waals surface area contributed by atoms with E-state index in [4.69, 9.17) is 16.3 Å². The molecule has 0 fully saturated rings. The first-order valence-corrected chi connectivity index (χ1v) is 16.8. The Morgan fingerprint density at radius 1 is 0.953 bits per heavy atom. The molecule has 8 nitrogen and oxygen atoms in total. The molecule has 0 unspecified atom stereocenters. The number of hydrogen-bond donors (Lipinski definition) is 1. The molecule has 0 radical (unpaired) electrons. The van der Waals surface area contributed by atoms with Crippen molar-refractivity contribution in [2.24, 2.45) is 0 Å². The molecule has 0 aromatic heterocycles. The lowest BCUT2D eigenvalue weighted by Crippen LogP contribution is -2.52. The predicted octanol–water partition coefficient (Wildman–Crippen LogP) is 5.84. The average molecular weight is 628 g/mol. The van der Waals surface area contributed by atoms with Crippen molar-refractivity contribution in [2.75, 3.05) is 23.7 Å². The molecule has 3 rings (SSSR count). The fourth-order valence-electron chi connectivity index (χ4n) is 4.75. The number of ether oxygens (including phenoxy) is 1. The van der Waals surface area contributed by atoms with E-state index >= 15 is 0 Å². The van der Waals surface area contributed by atoms with Gasteiger partial charge in [-0.25, -0.2) is 8.42 Å². The lowest BCUT2D eigenvalue weighted by Gasteiger charge is -2.33. The molecule has 2 amide bonds. The molecule has 43 heavy (non-hydrogen) atoms. The average Bonchev–Trinajstić information content (AvgIpc) is 2.97. The summed E-state index contributed by atoms with van der Waals surface area (Å²) >= 11 is 6.27. The maximum absolute atomic E-state index is 14.0. The van der Waals surface area contributed by atoms with Gasteiger partial charge in [0, 0.05) is 37.0 Å². The molecule has 0 spiro atoms. The number of benzene rings is 3. The Balaban J connectivity index is 1.91. The zero-order valence-corrected chi connectivity index (χ0v) is 26.9. The molecule has 0 heterocycles. The van der Waals surface area contributed by atoms with Crippen LogP contribution in [0.3, 0.4) is 0 Å². The lowest BCUT2D eigenvalue weighted by atomic mass is 10.0. The number of nitrogens with zero attached hydrogens (tertiary/aromatic N) is 2. The van der Waals surface area contributed by atoms with E-state index < -0.39 is 16.1 Å². The van der Waals surface area contributed by atoms with Gasteiger partial charge in [-0.2, -0.15) is 0 Å². The summed E-state index contributed by atoms with van der Waals surface area (Å²) < 4.78 is 32.6. The highest BCUT2D eigenvalue weighted by Gasteiger charge is 2.31. The van der Waals surface area contributed by atoms with Crippen molar-refractivity contribution in [2.45, 2.75) is 65.1 Å². The van der Waals surface area contributed by atoms with Crippen molar-refractivity contribution in [3.05, 3.63) is 95.0 Å². The van der Waals surface area contributed by atoms with E-state index in [1.165, 1.54) is 4.31 Å². The van der Waals surface area contributed by atoms with E-state index in [2.05, 4.69) is 5.32 Å². The van der Waals surface area contributed by atoms with Gasteiger partial charge in [0.2, 0.25) is 21.8 Å². The van der Waals surface area contributed by atoms with Gasteiger partial charge in [0.15, 0.2) is 0 Å². The first-order valence-electron chi connectivity index (χ1n) is 14.6. The molecule has 0 aliphatic carbocycles. The third-order valence-electron chi connectivity index (χ3n) is 7.10. The first-order chi connectivity index (χ1) is 20.5. The van der Waals surface area contributed by atoms with Crippen molar-refractivity contribution in [3.63, 3.8) is 0 Å². The van der Waals surface area contributed by atoms with Crippen LogP contribution in [0.5, 0.6) is 5.75 Å². The van der Waals surface area contributed by atoms with Crippen LogP contribution in [0, 0.1) is 0 Å². The van der Waals surface area contributed by atoms with Crippen LogP contribution < -0.4 is 14.4 Å². The molecule has 0 saturated carbocycles. The van der Waals surface area contributed by atoms with Crippen LogP contribution in [-0.4, -0.2) is 56.6 Å². The molecule has 232 valence electrons. The number of nitrogens with one attached hydrogen (secondary N) is 1. The van der Waals surface area contributed by atoms with E-state index in [0.717, 1.165) is 23.8 Å². The molecule has 0 saturated heterocycles. The number of hydrogen-bond acceptors (Lipinski definition) is 5. The second-order valence-corrected chi connectivity index (χ2v) is 12.9. The maximum Gasteiger partial charge on any atom is 0.243 e. The Morgan fingerprint density at radius 2 is 1.63 bits per heavy atom. The summed E-state index contributed by atoms with van der Waals surface area (Å²) in [5.41, 5.74) is 2.13. The van der Waals surface area contributed by atoms with E-state index in [1.807, 2.05) is 63.2 Å². The predicted molar refractivity (Wildman–Crippen MR) is 173 cm³/mol. The fourth-order valence-corrected chi connectivity index (χ4v) is 5.93. The molecule has 0 aliphatic rings. The number of carbonyl (C=O) groups excluding carboxylic acids is 2. The second-order valence-electron chi connectivity index (χ2n) is 10.5. The summed E-state index contributed by atoms with van der Waals surface area (Å²) in [5, 5.41) is 3.59. The Bertz CT molecular complexity index is 1450.